The zero-order chi connectivity index (χ0) is 18.7. The molecule has 1 heterocycles. The molecule has 0 atom stereocenters. The first-order valence-corrected chi connectivity index (χ1v) is 9.30. The summed E-state index contributed by atoms with van der Waals surface area (Å²) in [5, 5.41) is 21.0. The van der Waals surface area contributed by atoms with Gasteiger partial charge in [0.1, 0.15) is 6.54 Å². The smallest absolute Gasteiger partial charge is 0.359 e. The molecular weight excluding hydrogens is 395 g/mol. The third-order valence-corrected chi connectivity index (χ3v) is 4.45. The van der Waals surface area contributed by atoms with Crippen LogP contribution in [0.15, 0.2) is 10.4 Å². The Hall–Kier alpha value is -1.78. The quantitative estimate of drug-likeness (QED) is 0.178. The molecule has 13 heteroatoms. The molecular formula is C12H16F3N7S3. The van der Waals surface area contributed by atoms with Crippen LogP contribution in [0.4, 0.5) is 18.3 Å². The average molecular weight is 412 g/mol. The van der Waals surface area contributed by atoms with Gasteiger partial charge in [-0.15, -0.1) is 16.3 Å². The van der Waals surface area contributed by atoms with E-state index in [-0.39, 0.29) is 5.11 Å². The number of alkyl halides is 3. The molecule has 0 saturated carbocycles. The van der Waals surface area contributed by atoms with Crippen molar-refractivity contribution in [3.8, 4) is 6.19 Å². The first-order chi connectivity index (χ1) is 11.8. The lowest BCUT2D eigenvalue weighted by Gasteiger charge is -2.10. The number of aliphatic imine (C=N–C) groups is 1. The summed E-state index contributed by atoms with van der Waals surface area (Å²) in [4.78, 5) is 7.79. The normalized spacial score (nSPS) is 11.6. The monoisotopic (exact) mass is 411 g/mol. The van der Waals surface area contributed by atoms with E-state index in [2.05, 4.69) is 31.2 Å². The van der Waals surface area contributed by atoms with E-state index in [0.717, 1.165) is 11.4 Å². The molecule has 0 aliphatic carbocycles. The van der Waals surface area contributed by atoms with E-state index >= 15 is 0 Å². The summed E-state index contributed by atoms with van der Waals surface area (Å²) in [6, 6.07) is 0. The molecule has 1 aromatic rings. The number of hydrogen-bond acceptors (Lipinski definition) is 6. The topological polar surface area (TPSA) is 97.2 Å². The minimum atomic E-state index is -4.32. The molecule has 0 unspecified atom stereocenters. The zero-order valence-corrected chi connectivity index (χ0v) is 15.6. The first-order valence-electron chi connectivity index (χ1n) is 6.86. The van der Waals surface area contributed by atoms with Crippen molar-refractivity contribution in [2.45, 2.75) is 11.9 Å². The number of aromatic nitrogens is 1. The Bertz CT molecular complexity index is 624. The van der Waals surface area contributed by atoms with Gasteiger partial charge in [0.05, 0.1) is 5.69 Å². The summed E-state index contributed by atoms with van der Waals surface area (Å²) in [5.74, 6) is 1.81. The molecule has 0 spiro atoms. The maximum Gasteiger partial charge on any atom is 0.405 e. The minimum Gasteiger partial charge on any atom is -0.359 e. The van der Waals surface area contributed by atoms with Crippen LogP contribution in [0.1, 0.15) is 5.69 Å². The van der Waals surface area contributed by atoms with Crippen LogP contribution < -0.4 is 21.3 Å². The summed E-state index contributed by atoms with van der Waals surface area (Å²) < 4.78 is 36.2. The van der Waals surface area contributed by atoms with Gasteiger partial charge in [0.25, 0.3) is 0 Å². The Morgan fingerprint density at radius 2 is 2.24 bits per heavy atom. The molecule has 0 aromatic carbocycles. The van der Waals surface area contributed by atoms with Crippen LogP contribution >= 0.6 is 35.3 Å². The lowest BCUT2D eigenvalue weighted by molar-refractivity contribution is -0.121. The van der Waals surface area contributed by atoms with E-state index in [1.165, 1.54) is 11.3 Å². The third kappa shape index (κ3) is 9.95. The maximum absolute atomic E-state index is 12.1. The van der Waals surface area contributed by atoms with Gasteiger partial charge in [-0.05, 0) is 12.2 Å². The second-order valence-electron chi connectivity index (χ2n) is 4.36. The highest BCUT2D eigenvalue weighted by molar-refractivity contribution is 7.98. The number of nitrogens with one attached hydrogen (secondary N) is 4. The molecule has 0 amide bonds. The molecule has 138 valence electrons. The summed E-state index contributed by atoms with van der Waals surface area (Å²) >= 11 is 7.66. The Labute approximate surface area is 156 Å². The highest BCUT2D eigenvalue weighted by Gasteiger charge is 2.27. The third-order valence-electron chi connectivity index (χ3n) is 2.41. The van der Waals surface area contributed by atoms with Gasteiger partial charge in [0.2, 0.25) is 12.2 Å². The Kier molecular flexibility index (Phi) is 9.32. The fourth-order valence-electron chi connectivity index (χ4n) is 1.40. The molecule has 7 nitrogen and oxygen atoms in total. The van der Waals surface area contributed by atoms with E-state index in [1.807, 2.05) is 5.38 Å². The van der Waals surface area contributed by atoms with Crippen LogP contribution in [0, 0.1) is 11.5 Å². The number of thiazole rings is 1. The Morgan fingerprint density at radius 3 is 2.88 bits per heavy atom. The molecule has 0 saturated heterocycles. The number of halogens is 3. The predicted octanol–water partition coefficient (Wildman–Crippen LogP) is 1.87. The van der Waals surface area contributed by atoms with Gasteiger partial charge >= 0.3 is 6.18 Å². The summed E-state index contributed by atoms with van der Waals surface area (Å²) in [7, 11) is 1.66. The minimum absolute atomic E-state index is 0.119. The van der Waals surface area contributed by atoms with Crippen molar-refractivity contribution < 1.29 is 13.2 Å². The van der Waals surface area contributed by atoms with Gasteiger partial charge < -0.3 is 21.3 Å². The molecule has 0 fully saturated rings. The highest BCUT2D eigenvalue weighted by atomic mass is 32.2. The Morgan fingerprint density at radius 1 is 1.48 bits per heavy atom. The molecule has 4 N–H and O–H groups in total. The SMILES string of the molecule is CN/C(=N/C#N)NCCSCc1csc(NC(=S)NCC(F)(F)F)n1. The molecule has 1 rings (SSSR count). The lowest BCUT2D eigenvalue weighted by atomic mass is 10.6. The second kappa shape index (κ2) is 11.0. The van der Waals surface area contributed by atoms with Crippen molar-refractivity contribution in [1.82, 2.24) is 20.9 Å². The number of nitrogens with zero attached hydrogens (tertiary/aromatic N) is 3. The molecule has 0 aliphatic heterocycles. The van der Waals surface area contributed by atoms with E-state index in [4.69, 9.17) is 17.5 Å². The number of thioether (sulfide) groups is 1. The van der Waals surface area contributed by atoms with Crippen molar-refractivity contribution in [3.05, 3.63) is 11.1 Å². The molecule has 1 aromatic heterocycles. The van der Waals surface area contributed by atoms with Gasteiger partial charge in [0.15, 0.2) is 10.2 Å². The van der Waals surface area contributed by atoms with Crippen molar-refractivity contribution in [2.75, 3.05) is 31.2 Å². The van der Waals surface area contributed by atoms with Crippen molar-refractivity contribution >= 4 is 51.5 Å². The van der Waals surface area contributed by atoms with Crippen LogP contribution in [0.2, 0.25) is 0 Å². The lowest BCUT2D eigenvalue weighted by Crippen LogP contribution is -2.36. The van der Waals surface area contributed by atoms with Crippen molar-refractivity contribution in [3.63, 3.8) is 0 Å². The van der Waals surface area contributed by atoms with Crippen LogP contribution in [0.3, 0.4) is 0 Å². The number of thiocarbonyl (C=S) groups is 1. The standard InChI is InChI=1S/C12H16F3N7S3/c1-17-9(20-7-16)18-2-3-24-4-8-5-25-11(21-8)22-10(23)19-6-12(13,14)15/h5H,2-4,6H2,1H3,(H2,17,18,20)(H2,19,21,22,23). The fraction of sp³-hybridized carbons (Fsp3) is 0.500. The van der Waals surface area contributed by atoms with Gasteiger partial charge in [-0.1, -0.05) is 0 Å². The first kappa shape index (κ1) is 21.3. The van der Waals surface area contributed by atoms with Crippen LogP contribution in [-0.2, 0) is 5.75 Å². The molecule has 0 radical (unpaired) electrons. The van der Waals surface area contributed by atoms with Gasteiger partial charge in [-0.3, -0.25) is 0 Å². The second-order valence-corrected chi connectivity index (χ2v) is 6.73. The van der Waals surface area contributed by atoms with Crippen molar-refractivity contribution in [1.29, 1.82) is 5.26 Å². The summed E-state index contributed by atoms with van der Waals surface area (Å²) in [6.07, 6.45) is -2.64. The number of hydrogen-bond donors (Lipinski definition) is 4. The van der Waals surface area contributed by atoms with E-state index in [9.17, 15) is 13.2 Å². The molecule has 0 aliphatic rings. The number of guanidine groups is 1. The van der Waals surface area contributed by atoms with Crippen LogP contribution in [0.25, 0.3) is 0 Å². The van der Waals surface area contributed by atoms with Gasteiger partial charge in [0, 0.05) is 30.5 Å². The van der Waals surface area contributed by atoms with E-state index in [0.29, 0.717) is 23.4 Å². The number of anilines is 1. The van der Waals surface area contributed by atoms with Crippen LogP contribution in [-0.4, -0.2) is 48.1 Å². The van der Waals surface area contributed by atoms with Gasteiger partial charge in [-0.2, -0.15) is 30.2 Å². The predicted molar refractivity (Wildman–Crippen MR) is 98.7 cm³/mol. The maximum atomic E-state index is 12.1. The van der Waals surface area contributed by atoms with Crippen LogP contribution in [0.5, 0.6) is 0 Å². The van der Waals surface area contributed by atoms with E-state index < -0.39 is 12.7 Å². The van der Waals surface area contributed by atoms with E-state index in [1.54, 1.807) is 25.0 Å². The average Bonchev–Trinajstić information content (AvgIpc) is 2.98. The largest absolute Gasteiger partial charge is 0.405 e. The fourth-order valence-corrected chi connectivity index (χ4v) is 3.21. The summed E-state index contributed by atoms with van der Waals surface area (Å²) in [6.45, 7) is -0.573. The molecule has 25 heavy (non-hydrogen) atoms. The van der Waals surface area contributed by atoms with Crippen molar-refractivity contribution in [2.24, 2.45) is 4.99 Å². The number of rotatable bonds is 7. The highest BCUT2D eigenvalue weighted by Crippen LogP contribution is 2.19. The Balaban J connectivity index is 2.26. The zero-order valence-electron chi connectivity index (χ0n) is 13.1. The van der Waals surface area contributed by atoms with Gasteiger partial charge in [-0.25, -0.2) is 4.98 Å². The number of nitriles is 1. The molecule has 0 bridgehead atoms. The summed E-state index contributed by atoms with van der Waals surface area (Å²) in [5.41, 5.74) is 0.802.